The summed E-state index contributed by atoms with van der Waals surface area (Å²) in [6.07, 6.45) is 1.40. The molecule has 0 fully saturated rings. The van der Waals surface area contributed by atoms with Gasteiger partial charge < -0.3 is 20.5 Å². The molecule has 0 bridgehead atoms. The lowest BCUT2D eigenvalue weighted by Gasteiger charge is -2.23. The van der Waals surface area contributed by atoms with E-state index in [0.717, 1.165) is 12.5 Å². The fraction of sp³-hybridized carbons (Fsp3) is 0.611. The topological polar surface area (TPSA) is 65.9 Å². The molecule has 0 aliphatic heterocycles. The third kappa shape index (κ3) is 9.44. The van der Waals surface area contributed by atoms with E-state index in [0.29, 0.717) is 39.1 Å². The standard InChI is InChI=1S/C18H31N3O2.HI/c1-4-18(22,5-2)15-21-17(19-6-3)20-12-13-23-14-16-10-8-7-9-11-16;/h7-11,22H,4-6,12-15H2,1-3H3,(H2,19,20,21);1H. The van der Waals surface area contributed by atoms with Crippen molar-refractivity contribution in [2.24, 2.45) is 4.99 Å². The SMILES string of the molecule is CCNC(=NCC(O)(CC)CC)NCCOCc1ccccc1.I. The Hall–Kier alpha value is -0.860. The normalized spacial score (nSPS) is 11.8. The van der Waals surface area contributed by atoms with E-state index in [4.69, 9.17) is 4.74 Å². The summed E-state index contributed by atoms with van der Waals surface area (Å²) >= 11 is 0. The molecule has 138 valence electrons. The Balaban J connectivity index is 0.00000529. The van der Waals surface area contributed by atoms with E-state index >= 15 is 0 Å². The molecule has 0 amide bonds. The highest BCUT2D eigenvalue weighted by Gasteiger charge is 2.21. The Bertz CT molecular complexity index is 451. The van der Waals surface area contributed by atoms with Gasteiger partial charge in [0.15, 0.2) is 5.96 Å². The molecule has 0 atom stereocenters. The van der Waals surface area contributed by atoms with Gasteiger partial charge in [-0.2, -0.15) is 0 Å². The number of benzene rings is 1. The molecular weight excluding hydrogens is 417 g/mol. The average Bonchev–Trinajstić information content (AvgIpc) is 2.60. The van der Waals surface area contributed by atoms with Gasteiger partial charge in [0.2, 0.25) is 0 Å². The van der Waals surface area contributed by atoms with Crippen LogP contribution in [-0.2, 0) is 11.3 Å². The Morgan fingerprint density at radius 2 is 1.79 bits per heavy atom. The van der Waals surface area contributed by atoms with Crippen molar-refractivity contribution in [2.75, 3.05) is 26.2 Å². The van der Waals surface area contributed by atoms with Crippen LogP contribution in [0.5, 0.6) is 0 Å². The Morgan fingerprint density at radius 1 is 1.12 bits per heavy atom. The first kappa shape index (κ1) is 23.1. The van der Waals surface area contributed by atoms with Crippen LogP contribution in [-0.4, -0.2) is 42.9 Å². The molecule has 3 N–H and O–H groups in total. The molecule has 0 spiro atoms. The van der Waals surface area contributed by atoms with E-state index in [1.54, 1.807) is 0 Å². The molecule has 1 rings (SSSR count). The number of aliphatic imine (C=N–C) groups is 1. The highest BCUT2D eigenvalue weighted by Crippen LogP contribution is 2.14. The summed E-state index contributed by atoms with van der Waals surface area (Å²) in [7, 11) is 0. The van der Waals surface area contributed by atoms with E-state index in [1.165, 1.54) is 5.56 Å². The number of nitrogens with one attached hydrogen (secondary N) is 2. The van der Waals surface area contributed by atoms with Crippen LogP contribution in [0.15, 0.2) is 35.3 Å². The fourth-order valence-corrected chi connectivity index (χ4v) is 2.05. The zero-order valence-corrected chi connectivity index (χ0v) is 17.4. The lowest BCUT2D eigenvalue weighted by atomic mass is 9.98. The van der Waals surface area contributed by atoms with Crippen LogP contribution in [0.3, 0.4) is 0 Å². The minimum Gasteiger partial charge on any atom is -0.388 e. The van der Waals surface area contributed by atoms with Crippen molar-refractivity contribution < 1.29 is 9.84 Å². The summed E-state index contributed by atoms with van der Waals surface area (Å²) in [6.45, 7) is 9.07. The molecule has 1 aromatic carbocycles. The third-order valence-corrected chi connectivity index (χ3v) is 3.84. The van der Waals surface area contributed by atoms with Crippen LogP contribution in [0.4, 0.5) is 0 Å². The molecule has 6 heteroatoms. The maximum absolute atomic E-state index is 10.3. The smallest absolute Gasteiger partial charge is 0.191 e. The van der Waals surface area contributed by atoms with E-state index in [9.17, 15) is 5.11 Å². The predicted octanol–water partition coefficient (Wildman–Crippen LogP) is 2.93. The van der Waals surface area contributed by atoms with Crippen LogP contribution in [0.2, 0.25) is 0 Å². The first-order valence-corrected chi connectivity index (χ1v) is 8.49. The molecule has 0 saturated carbocycles. The second kappa shape index (κ2) is 13.4. The van der Waals surface area contributed by atoms with E-state index in [-0.39, 0.29) is 24.0 Å². The zero-order valence-electron chi connectivity index (χ0n) is 15.0. The van der Waals surface area contributed by atoms with Crippen molar-refractivity contribution in [1.29, 1.82) is 0 Å². The number of halogens is 1. The van der Waals surface area contributed by atoms with Gasteiger partial charge in [0, 0.05) is 13.1 Å². The zero-order chi connectivity index (χ0) is 17.0. The Kier molecular flexibility index (Phi) is 13.0. The summed E-state index contributed by atoms with van der Waals surface area (Å²) in [5.41, 5.74) is 0.454. The summed E-state index contributed by atoms with van der Waals surface area (Å²) in [6, 6.07) is 10.1. The van der Waals surface area contributed by atoms with Crippen molar-refractivity contribution in [3.05, 3.63) is 35.9 Å². The van der Waals surface area contributed by atoms with Crippen LogP contribution < -0.4 is 10.6 Å². The largest absolute Gasteiger partial charge is 0.388 e. The molecular formula is C18H32IN3O2. The first-order chi connectivity index (χ1) is 11.1. The summed E-state index contributed by atoms with van der Waals surface area (Å²) in [5, 5.41) is 16.7. The molecule has 0 aliphatic carbocycles. The number of ether oxygens (including phenoxy) is 1. The van der Waals surface area contributed by atoms with Crippen LogP contribution in [0.1, 0.15) is 39.2 Å². The summed E-state index contributed by atoms with van der Waals surface area (Å²) in [4.78, 5) is 4.47. The van der Waals surface area contributed by atoms with Crippen molar-refractivity contribution in [3.63, 3.8) is 0 Å². The molecule has 0 unspecified atom stereocenters. The molecule has 0 radical (unpaired) electrons. The first-order valence-electron chi connectivity index (χ1n) is 8.49. The van der Waals surface area contributed by atoms with Crippen molar-refractivity contribution in [1.82, 2.24) is 10.6 Å². The molecule has 1 aromatic rings. The van der Waals surface area contributed by atoms with Gasteiger partial charge in [-0.05, 0) is 25.3 Å². The van der Waals surface area contributed by atoms with Gasteiger partial charge in [0.05, 0.1) is 25.4 Å². The number of guanidine groups is 1. The van der Waals surface area contributed by atoms with E-state index in [2.05, 4.69) is 27.8 Å². The highest BCUT2D eigenvalue weighted by molar-refractivity contribution is 14.0. The van der Waals surface area contributed by atoms with Gasteiger partial charge in [-0.25, -0.2) is 0 Å². The van der Waals surface area contributed by atoms with Crippen LogP contribution in [0.25, 0.3) is 0 Å². The number of aliphatic hydroxyl groups is 1. The average molecular weight is 449 g/mol. The van der Waals surface area contributed by atoms with E-state index < -0.39 is 5.60 Å². The van der Waals surface area contributed by atoms with Gasteiger partial charge >= 0.3 is 0 Å². The molecule has 0 aliphatic rings. The van der Waals surface area contributed by atoms with E-state index in [1.807, 2.05) is 39.0 Å². The molecule has 0 aromatic heterocycles. The Morgan fingerprint density at radius 3 is 2.38 bits per heavy atom. The number of hydrogen-bond donors (Lipinski definition) is 3. The molecule has 24 heavy (non-hydrogen) atoms. The minimum atomic E-state index is -0.716. The van der Waals surface area contributed by atoms with Crippen LogP contribution in [0, 0.1) is 0 Å². The van der Waals surface area contributed by atoms with Crippen molar-refractivity contribution in [2.45, 2.75) is 45.8 Å². The number of rotatable bonds is 10. The predicted molar refractivity (Wildman–Crippen MR) is 111 cm³/mol. The molecule has 5 nitrogen and oxygen atoms in total. The lowest BCUT2D eigenvalue weighted by molar-refractivity contribution is 0.0417. The molecule has 0 heterocycles. The van der Waals surface area contributed by atoms with Crippen molar-refractivity contribution in [3.8, 4) is 0 Å². The van der Waals surface area contributed by atoms with Gasteiger partial charge in [-0.15, -0.1) is 24.0 Å². The van der Waals surface area contributed by atoms with Gasteiger partial charge in [0.1, 0.15) is 0 Å². The highest BCUT2D eigenvalue weighted by atomic mass is 127. The second-order valence-electron chi connectivity index (χ2n) is 5.59. The molecule has 0 saturated heterocycles. The number of nitrogens with zero attached hydrogens (tertiary/aromatic N) is 1. The summed E-state index contributed by atoms with van der Waals surface area (Å²) < 4.78 is 5.64. The summed E-state index contributed by atoms with van der Waals surface area (Å²) in [5.74, 6) is 0.719. The van der Waals surface area contributed by atoms with Crippen LogP contribution >= 0.6 is 24.0 Å². The monoisotopic (exact) mass is 449 g/mol. The Labute approximate surface area is 163 Å². The van der Waals surface area contributed by atoms with Gasteiger partial charge in [0.25, 0.3) is 0 Å². The maximum Gasteiger partial charge on any atom is 0.191 e. The second-order valence-corrected chi connectivity index (χ2v) is 5.59. The maximum atomic E-state index is 10.3. The lowest BCUT2D eigenvalue weighted by Crippen LogP contribution is -2.41. The number of hydrogen-bond acceptors (Lipinski definition) is 3. The van der Waals surface area contributed by atoms with Crippen molar-refractivity contribution >= 4 is 29.9 Å². The van der Waals surface area contributed by atoms with Gasteiger partial charge in [-0.3, -0.25) is 4.99 Å². The van der Waals surface area contributed by atoms with Gasteiger partial charge in [-0.1, -0.05) is 44.2 Å². The minimum absolute atomic E-state index is 0. The third-order valence-electron chi connectivity index (χ3n) is 3.84. The fourth-order valence-electron chi connectivity index (χ4n) is 2.05. The quantitative estimate of drug-likeness (QED) is 0.223.